The van der Waals surface area contributed by atoms with Gasteiger partial charge in [-0.3, -0.25) is 0 Å². The summed E-state index contributed by atoms with van der Waals surface area (Å²) >= 11 is 0. The largest absolute Gasteiger partial charge is 0.423 e. The van der Waals surface area contributed by atoms with Crippen molar-refractivity contribution in [1.82, 2.24) is 0 Å². The van der Waals surface area contributed by atoms with Gasteiger partial charge in [-0.2, -0.15) is 0 Å². The standard InChI is InChI=1S/C48H80O3/c1-4-6-8-10-12-14-16-18-19-20-22-24-26-28-30-34-42-50-43(3)44-38-40-46(41-39-44)48(49)51-47-37-33-32-36-45(47)35-31-29-27-25-23-21-17-15-13-11-9-7-5-2/h32-33,36-41,43H,4-31,34-35,42H2,1-3H3. The van der Waals surface area contributed by atoms with Crippen LogP contribution in [0.3, 0.4) is 0 Å². The highest BCUT2D eigenvalue weighted by molar-refractivity contribution is 5.91. The minimum Gasteiger partial charge on any atom is -0.423 e. The smallest absolute Gasteiger partial charge is 0.343 e. The maximum absolute atomic E-state index is 13.0. The Kier molecular flexibility index (Phi) is 28.7. The quantitative estimate of drug-likeness (QED) is 0.0407. The van der Waals surface area contributed by atoms with Gasteiger partial charge in [-0.25, -0.2) is 4.79 Å². The average molecular weight is 705 g/mol. The Morgan fingerprint density at radius 1 is 0.490 bits per heavy atom. The Hall–Kier alpha value is -2.13. The Bertz CT molecular complexity index is 1060. The normalized spacial score (nSPS) is 12.0. The molecule has 0 aliphatic rings. The number of hydrogen-bond acceptors (Lipinski definition) is 3. The summed E-state index contributed by atoms with van der Waals surface area (Å²) in [7, 11) is 0. The molecule has 0 saturated heterocycles. The molecule has 0 spiro atoms. The van der Waals surface area contributed by atoms with E-state index in [0.717, 1.165) is 37.0 Å². The van der Waals surface area contributed by atoms with Crippen molar-refractivity contribution in [2.75, 3.05) is 6.61 Å². The first-order valence-corrected chi connectivity index (χ1v) is 22.2. The zero-order valence-corrected chi connectivity index (χ0v) is 33.8. The molecule has 3 heteroatoms. The fourth-order valence-electron chi connectivity index (χ4n) is 7.20. The van der Waals surface area contributed by atoms with Gasteiger partial charge in [0.05, 0.1) is 11.7 Å². The lowest BCUT2D eigenvalue weighted by atomic mass is 10.0. The predicted molar refractivity (Wildman–Crippen MR) is 221 cm³/mol. The molecule has 1 unspecified atom stereocenters. The van der Waals surface area contributed by atoms with Crippen LogP contribution in [0.1, 0.15) is 235 Å². The van der Waals surface area contributed by atoms with Gasteiger partial charge in [-0.05, 0) is 55.5 Å². The van der Waals surface area contributed by atoms with Gasteiger partial charge >= 0.3 is 5.97 Å². The van der Waals surface area contributed by atoms with Crippen molar-refractivity contribution < 1.29 is 14.3 Å². The Morgan fingerprint density at radius 3 is 1.33 bits per heavy atom. The van der Waals surface area contributed by atoms with E-state index >= 15 is 0 Å². The van der Waals surface area contributed by atoms with Gasteiger partial charge in [-0.1, -0.05) is 218 Å². The van der Waals surface area contributed by atoms with Crippen LogP contribution < -0.4 is 4.74 Å². The van der Waals surface area contributed by atoms with Crippen LogP contribution in [0, 0.1) is 0 Å². The number of rotatable bonds is 35. The van der Waals surface area contributed by atoms with E-state index in [9.17, 15) is 4.79 Å². The number of unbranched alkanes of at least 4 members (excludes halogenated alkanes) is 27. The highest BCUT2D eigenvalue weighted by Gasteiger charge is 2.13. The second kappa shape index (κ2) is 32.5. The topological polar surface area (TPSA) is 35.5 Å². The monoisotopic (exact) mass is 705 g/mol. The third-order valence-corrected chi connectivity index (χ3v) is 10.7. The highest BCUT2D eigenvalue weighted by Crippen LogP contribution is 2.24. The van der Waals surface area contributed by atoms with Crippen LogP contribution in [-0.4, -0.2) is 12.6 Å². The summed E-state index contributed by atoms with van der Waals surface area (Å²) in [6, 6.07) is 15.8. The molecule has 51 heavy (non-hydrogen) atoms. The summed E-state index contributed by atoms with van der Waals surface area (Å²) in [5.41, 5.74) is 2.81. The van der Waals surface area contributed by atoms with Gasteiger partial charge in [0.25, 0.3) is 0 Å². The van der Waals surface area contributed by atoms with Gasteiger partial charge in [0.15, 0.2) is 0 Å². The molecule has 0 radical (unpaired) electrons. The van der Waals surface area contributed by atoms with Crippen LogP contribution in [0.5, 0.6) is 5.75 Å². The number of hydrogen-bond donors (Lipinski definition) is 0. The van der Waals surface area contributed by atoms with Crippen molar-refractivity contribution in [2.45, 2.75) is 219 Å². The first-order valence-electron chi connectivity index (χ1n) is 22.2. The fraction of sp³-hybridized carbons (Fsp3) is 0.729. The van der Waals surface area contributed by atoms with E-state index in [4.69, 9.17) is 9.47 Å². The van der Waals surface area contributed by atoms with Gasteiger partial charge in [0, 0.05) is 6.61 Å². The molecule has 0 N–H and O–H groups in total. The van der Waals surface area contributed by atoms with E-state index in [1.165, 1.54) is 173 Å². The lowest BCUT2D eigenvalue weighted by Gasteiger charge is -2.14. The van der Waals surface area contributed by atoms with Crippen molar-refractivity contribution in [2.24, 2.45) is 0 Å². The summed E-state index contributed by atoms with van der Waals surface area (Å²) < 4.78 is 12.0. The Labute approximate surface area is 316 Å². The van der Waals surface area contributed by atoms with E-state index < -0.39 is 0 Å². The van der Waals surface area contributed by atoms with E-state index in [-0.39, 0.29) is 12.1 Å². The molecule has 0 aliphatic carbocycles. The number of esters is 1. The molecule has 0 saturated carbocycles. The lowest BCUT2D eigenvalue weighted by molar-refractivity contribution is 0.0626. The van der Waals surface area contributed by atoms with Crippen molar-refractivity contribution in [3.63, 3.8) is 0 Å². The number of carbonyl (C=O) groups excluding carboxylic acids is 1. The van der Waals surface area contributed by atoms with Gasteiger partial charge in [0.2, 0.25) is 0 Å². The van der Waals surface area contributed by atoms with E-state index in [2.05, 4.69) is 26.8 Å². The minimum absolute atomic E-state index is 0.0208. The zero-order valence-electron chi connectivity index (χ0n) is 33.8. The van der Waals surface area contributed by atoms with Crippen molar-refractivity contribution >= 4 is 5.97 Å². The lowest BCUT2D eigenvalue weighted by Crippen LogP contribution is -2.10. The summed E-state index contributed by atoms with van der Waals surface area (Å²) in [6.45, 7) is 7.47. The molecular formula is C48H80O3. The Morgan fingerprint density at radius 2 is 0.882 bits per heavy atom. The number of aryl methyl sites for hydroxylation is 1. The molecule has 0 bridgehead atoms. The minimum atomic E-state index is -0.291. The molecule has 2 aromatic carbocycles. The molecule has 3 nitrogen and oxygen atoms in total. The van der Waals surface area contributed by atoms with Crippen LogP contribution >= 0.6 is 0 Å². The molecule has 2 rings (SSSR count). The number of carbonyl (C=O) groups is 1. The molecule has 2 aromatic rings. The predicted octanol–water partition coefficient (Wildman–Crippen LogP) is 15.9. The molecule has 290 valence electrons. The number of ether oxygens (including phenoxy) is 2. The van der Waals surface area contributed by atoms with Crippen LogP contribution in [0.15, 0.2) is 48.5 Å². The van der Waals surface area contributed by atoms with Gasteiger partial charge in [0.1, 0.15) is 5.75 Å². The maximum atomic E-state index is 13.0. The number of benzene rings is 2. The molecular weight excluding hydrogens is 625 g/mol. The van der Waals surface area contributed by atoms with Crippen molar-refractivity contribution in [3.05, 3.63) is 65.2 Å². The SMILES string of the molecule is CCCCCCCCCCCCCCCCCCOC(C)c1ccc(C(=O)Oc2ccccc2CCCCCCCCCCCCCCC)cc1. The molecule has 0 amide bonds. The Balaban J connectivity index is 1.51. The zero-order chi connectivity index (χ0) is 36.5. The average Bonchev–Trinajstić information content (AvgIpc) is 3.15. The fourth-order valence-corrected chi connectivity index (χ4v) is 7.20. The van der Waals surface area contributed by atoms with Gasteiger partial charge in [-0.15, -0.1) is 0 Å². The van der Waals surface area contributed by atoms with Crippen molar-refractivity contribution in [3.8, 4) is 5.75 Å². The van der Waals surface area contributed by atoms with Crippen LogP contribution in [0.2, 0.25) is 0 Å². The molecule has 0 fully saturated rings. The first kappa shape index (κ1) is 45.0. The van der Waals surface area contributed by atoms with Crippen LogP contribution in [0.4, 0.5) is 0 Å². The molecule has 0 aromatic heterocycles. The summed E-state index contributed by atoms with van der Waals surface area (Å²) in [5, 5.41) is 0. The third kappa shape index (κ3) is 23.9. The van der Waals surface area contributed by atoms with Crippen LogP contribution in [0.25, 0.3) is 0 Å². The van der Waals surface area contributed by atoms with Gasteiger partial charge < -0.3 is 9.47 Å². The third-order valence-electron chi connectivity index (χ3n) is 10.7. The highest BCUT2D eigenvalue weighted by atomic mass is 16.5. The summed E-state index contributed by atoms with van der Waals surface area (Å²) in [5.74, 6) is 0.405. The molecule has 1 atom stereocenters. The molecule has 0 heterocycles. The van der Waals surface area contributed by atoms with E-state index in [1.54, 1.807) is 0 Å². The van der Waals surface area contributed by atoms with E-state index in [1.807, 2.05) is 42.5 Å². The summed E-state index contributed by atoms with van der Waals surface area (Å²) in [4.78, 5) is 13.0. The summed E-state index contributed by atoms with van der Waals surface area (Å²) in [6.07, 6.45) is 40.6. The second-order valence-corrected chi connectivity index (χ2v) is 15.4. The first-order chi connectivity index (χ1) is 25.2. The second-order valence-electron chi connectivity index (χ2n) is 15.4. The maximum Gasteiger partial charge on any atom is 0.343 e. The van der Waals surface area contributed by atoms with Crippen molar-refractivity contribution in [1.29, 1.82) is 0 Å². The van der Waals surface area contributed by atoms with Crippen LogP contribution in [-0.2, 0) is 11.2 Å². The van der Waals surface area contributed by atoms with E-state index in [0.29, 0.717) is 11.3 Å². The molecule has 0 aliphatic heterocycles. The number of para-hydroxylation sites is 1.